The van der Waals surface area contributed by atoms with Crippen LogP contribution in [0.1, 0.15) is 29.7 Å². The molecule has 1 saturated heterocycles. The molecule has 0 spiro atoms. The second-order valence-corrected chi connectivity index (χ2v) is 8.04. The Balaban J connectivity index is 1.57. The van der Waals surface area contributed by atoms with Crippen LogP contribution in [0.15, 0.2) is 6.33 Å². The minimum absolute atomic E-state index is 0.0245. The number of amides is 1. The van der Waals surface area contributed by atoms with Gasteiger partial charge < -0.3 is 20.6 Å². The number of hydrogen-bond donors (Lipinski definition) is 3. The van der Waals surface area contributed by atoms with Crippen molar-refractivity contribution in [1.29, 1.82) is 0 Å². The molecular weight excluding hydrogens is 350 g/mol. The Morgan fingerprint density at radius 1 is 1.46 bits per heavy atom. The second-order valence-electron chi connectivity index (χ2n) is 6.96. The number of nitrogens with one attached hydrogen (secondary N) is 2. The summed E-state index contributed by atoms with van der Waals surface area (Å²) in [7, 11) is 0. The Hall–Kier alpha value is -1.77. The minimum atomic E-state index is -0.0245. The molecular formula is C18H25N5O2S. The van der Waals surface area contributed by atoms with Crippen LogP contribution in [0.2, 0.25) is 0 Å². The van der Waals surface area contributed by atoms with Crippen molar-refractivity contribution >= 4 is 33.3 Å². The molecule has 2 aliphatic rings. The number of fused-ring (bicyclic) bond motifs is 3. The molecule has 2 aromatic rings. The van der Waals surface area contributed by atoms with Gasteiger partial charge in [-0.25, -0.2) is 9.97 Å². The number of carbonyl (C=O) groups excluding carboxylic acids is 1. The molecule has 0 aromatic carbocycles. The maximum atomic E-state index is 12.4. The number of carbonyl (C=O) groups is 1. The summed E-state index contributed by atoms with van der Waals surface area (Å²) in [4.78, 5) is 26.2. The number of aliphatic hydroxyl groups excluding tert-OH is 1. The van der Waals surface area contributed by atoms with Gasteiger partial charge in [-0.15, -0.1) is 11.3 Å². The number of anilines is 1. The Bertz CT molecular complexity index is 793. The van der Waals surface area contributed by atoms with Crippen LogP contribution in [0.5, 0.6) is 0 Å². The van der Waals surface area contributed by atoms with Crippen LogP contribution >= 0.6 is 11.3 Å². The lowest BCUT2D eigenvalue weighted by Gasteiger charge is -2.33. The zero-order chi connectivity index (χ0) is 17.9. The zero-order valence-electron chi connectivity index (χ0n) is 14.8. The van der Waals surface area contributed by atoms with Crippen molar-refractivity contribution in [2.45, 2.75) is 32.2 Å². The van der Waals surface area contributed by atoms with Crippen molar-refractivity contribution < 1.29 is 9.90 Å². The van der Waals surface area contributed by atoms with Gasteiger partial charge in [0.1, 0.15) is 17.0 Å². The third-order valence-corrected chi connectivity index (χ3v) is 6.35. The van der Waals surface area contributed by atoms with E-state index in [1.165, 1.54) is 15.8 Å². The summed E-state index contributed by atoms with van der Waals surface area (Å²) in [6, 6.07) is 0. The van der Waals surface area contributed by atoms with Crippen LogP contribution < -0.4 is 15.5 Å². The molecule has 4 heterocycles. The third-order valence-electron chi connectivity index (χ3n) is 5.21. The molecule has 0 unspecified atom stereocenters. The highest BCUT2D eigenvalue weighted by Crippen LogP contribution is 2.37. The molecule has 0 radical (unpaired) electrons. The Morgan fingerprint density at radius 3 is 3.27 bits per heavy atom. The molecule has 1 amide bonds. The molecule has 7 nitrogen and oxygen atoms in total. The molecule has 1 atom stereocenters. The highest BCUT2D eigenvalue weighted by atomic mass is 32.1. The predicted octanol–water partition coefficient (Wildman–Crippen LogP) is 1.05. The number of rotatable bonds is 5. The molecule has 0 aliphatic carbocycles. The van der Waals surface area contributed by atoms with E-state index in [0.717, 1.165) is 49.5 Å². The topological polar surface area (TPSA) is 90.4 Å². The van der Waals surface area contributed by atoms with Crippen molar-refractivity contribution in [3.05, 3.63) is 16.8 Å². The number of thiophene rings is 1. The zero-order valence-corrected chi connectivity index (χ0v) is 15.6. The van der Waals surface area contributed by atoms with E-state index in [1.807, 2.05) is 0 Å². The number of hydrogen-bond acceptors (Lipinski definition) is 7. The number of nitrogens with zero attached hydrogens (tertiary/aromatic N) is 3. The smallest absolute Gasteiger partial charge is 0.224 e. The highest BCUT2D eigenvalue weighted by Gasteiger charge is 2.29. The van der Waals surface area contributed by atoms with Gasteiger partial charge in [0.15, 0.2) is 0 Å². The molecule has 2 aromatic heterocycles. The summed E-state index contributed by atoms with van der Waals surface area (Å²) in [5.74, 6) is 1.05. The van der Waals surface area contributed by atoms with Crippen molar-refractivity contribution in [2.75, 3.05) is 37.7 Å². The monoisotopic (exact) mass is 375 g/mol. The molecule has 0 bridgehead atoms. The standard InChI is InChI=1S/C18H25N5O2S/c24-8-2-5-20-17(25)12-3-1-7-23(10-12)16-15-13-4-6-19-9-14(13)26-18(15)22-11-21-16/h11-12,19,24H,1-10H2,(H,20,25)/t12-/m0/s1. The highest BCUT2D eigenvalue weighted by molar-refractivity contribution is 7.19. The van der Waals surface area contributed by atoms with Crippen molar-refractivity contribution in [1.82, 2.24) is 20.6 Å². The summed E-state index contributed by atoms with van der Waals surface area (Å²) in [5, 5.41) is 16.4. The van der Waals surface area contributed by atoms with Crippen molar-refractivity contribution in [2.24, 2.45) is 5.92 Å². The average Bonchev–Trinajstić information content (AvgIpc) is 3.07. The maximum absolute atomic E-state index is 12.4. The first-order chi connectivity index (χ1) is 12.8. The van der Waals surface area contributed by atoms with Gasteiger partial charge in [-0.3, -0.25) is 4.79 Å². The Labute approximate surface area is 156 Å². The molecule has 3 N–H and O–H groups in total. The fraction of sp³-hybridized carbons (Fsp3) is 0.611. The Morgan fingerprint density at radius 2 is 2.38 bits per heavy atom. The van der Waals surface area contributed by atoms with Crippen molar-refractivity contribution in [3.63, 3.8) is 0 Å². The van der Waals surface area contributed by atoms with E-state index in [1.54, 1.807) is 17.7 Å². The van der Waals surface area contributed by atoms with Gasteiger partial charge in [0.25, 0.3) is 0 Å². The van der Waals surface area contributed by atoms with E-state index in [4.69, 9.17) is 5.11 Å². The van der Waals surface area contributed by atoms with E-state index >= 15 is 0 Å². The van der Waals surface area contributed by atoms with Crippen LogP contribution in [-0.4, -0.2) is 53.8 Å². The van der Waals surface area contributed by atoms with Crippen LogP contribution in [0.4, 0.5) is 5.82 Å². The van der Waals surface area contributed by atoms with E-state index in [9.17, 15) is 4.79 Å². The first-order valence-corrected chi connectivity index (χ1v) is 10.2. The van der Waals surface area contributed by atoms with Gasteiger partial charge in [-0.05, 0) is 37.8 Å². The molecule has 140 valence electrons. The summed E-state index contributed by atoms with van der Waals surface area (Å²) >= 11 is 1.76. The van der Waals surface area contributed by atoms with Gasteiger partial charge in [0.2, 0.25) is 5.91 Å². The summed E-state index contributed by atoms with van der Waals surface area (Å²) in [6.45, 7) is 4.16. The average molecular weight is 375 g/mol. The number of aromatic nitrogens is 2. The molecule has 0 saturated carbocycles. The quantitative estimate of drug-likeness (QED) is 0.677. The third kappa shape index (κ3) is 3.41. The van der Waals surface area contributed by atoms with Crippen LogP contribution in [0.25, 0.3) is 10.2 Å². The first kappa shape index (κ1) is 17.6. The normalized spacial score (nSPS) is 20.2. The Kier molecular flexibility index (Phi) is 5.33. The maximum Gasteiger partial charge on any atom is 0.224 e. The van der Waals surface area contributed by atoms with Gasteiger partial charge in [0, 0.05) is 37.7 Å². The van der Waals surface area contributed by atoms with Crippen LogP contribution in [0.3, 0.4) is 0 Å². The SMILES string of the molecule is O=C(NCCCO)[C@H]1CCCN(c2ncnc3sc4c(c23)CCNC4)C1. The lowest BCUT2D eigenvalue weighted by Crippen LogP contribution is -2.43. The van der Waals surface area contributed by atoms with Crippen molar-refractivity contribution in [3.8, 4) is 0 Å². The van der Waals surface area contributed by atoms with E-state index in [0.29, 0.717) is 19.5 Å². The fourth-order valence-electron chi connectivity index (χ4n) is 3.90. The van der Waals surface area contributed by atoms with Crippen LogP contribution in [0, 0.1) is 5.92 Å². The van der Waals surface area contributed by atoms with Gasteiger partial charge >= 0.3 is 0 Å². The summed E-state index contributed by atoms with van der Waals surface area (Å²) in [5.41, 5.74) is 1.38. The number of piperidine rings is 1. The predicted molar refractivity (Wildman–Crippen MR) is 102 cm³/mol. The molecule has 4 rings (SSSR count). The van der Waals surface area contributed by atoms with Crippen LogP contribution in [-0.2, 0) is 17.8 Å². The lowest BCUT2D eigenvalue weighted by molar-refractivity contribution is -0.125. The summed E-state index contributed by atoms with van der Waals surface area (Å²) < 4.78 is 0. The van der Waals surface area contributed by atoms with E-state index < -0.39 is 0 Å². The van der Waals surface area contributed by atoms with E-state index in [2.05, 4.69) is 25.5 Å². The van der Waals surface area contributed by atoms with E-state index in [-0.39, 0.29) is 18.4 Å². The fourth-order valence-corrected chi connectivity index (χ4v) is 5.05. The lowest BCUT2D eigenvalue weighted by atomic mass is 9.96. The molecule has 1 fully saturated rings. The first-order valence-electron chi connectivity index (χ1n) is 9.37. The molecule has 2 aliphatic heterocycles. The minimum Gasteiger partial charge on any atom is -0.396 e. The van der Waals surface area contributed by atoms with Gasteiger partial charge in [-0.1, -0.05) is 0 Å². The molecule has 26 heavy (non-hydrogen) atoms. The largest absolute Gasteiger partial charge is 0.396 e. The summed E-state index contributed by atoms with van der Waals surface area (Å²) in [6.07, 6.45) is 5.15. The number of aliphatic hydroxyl groups is 1. The van der Waals surface area contributed by atoms with Gasteiger partial charge in [0.05, 0.1) is 11.3 Å². The van der Waals surface area contributed by atoms with Gasteiger partial charge in [-0.2, -0.15) is 0 Å². The second kappa shape index (κ2) is 7.85. The molecule has 8 heteroatoms.